The molecule has 3 aromatic rings. The molecule has 2 aromatic heterocycles. The van der Waals surface area contributed by atoms with Gasteiger partial charge in [-0.05, 0) is 12.0 Å². The number of nitrogens with zero attached hydrogens (tertiary/aromatic N) is 4. The number of aryl methyl sites for hydroxylation is 1. The monoisotopic (exact) mass is 435 g/mol. The van der Waals surface area contributed by atoms with E-state index in [2.05, 4.69) is 27.3 Å². The maximum Gasteiger partial charge on any atom is 0.256 e. The Morgan fingerprint density at radius 1 is 1.19 bits per heavy atom. The van der Waals surface area contributed by atoms with Crippen LogP contribution in [0.25, 0.3) is 0 Å². The number of nitrogens with one attached hydrogen (secondary N) is 1. The van der Waals surface area contributed by atoms with E-state index in [9.17, 15) is 9.59 Å². The van der Waals surface area contributed by atoms with Crippen molar-refractivity contribution in [3.05, 3.63) is 82.3 Å². The third kappa shape index (κ3) is 5.08. The molecular weight excluding hydrogens is 406 g/mol. The number of ether oxygens (including phenoxy) is 1. The Bertz CT molecular complexity index is 1090. The molecule has 1 aromatic carbocycles. The Balaban J connectivity index is 1.48. The van der Waals surface area contributed by atoms with Crippen molar-refractivity contribution < 1.29 is 9.53 Å². The summed E-state index contributed by atoms with van der Waals surface area (Å²) in [6.45, 7) is 4.18. The molecule has 0 aliphatic carbocycles. The van der Waals surface area contributed by atoms with Gasteiger partial charge in [0, 0.05) is 69.8 Å². The van der Waals surface area contributed by atoms with Crippen LogP contribution in [0.4, 0.5) is 0 Å². The number of hydrogen-bond acceptors (Lipinski definition) is 5. The summed E-state index contributed by atoms with van der Waals surface area (Å²) in [6.07, 6.45) is 6.79. The molecule has 0 bridgehead atoms. The molecule has 8 nitrogen and oxygen atoms in total. The first-order valence-electron chi connectivity index (χ1n) is 11.0. The zero-order valence-corrected chi connectivity index (χ0v) is 18.4. The topological polar surface area (TPSA) is 81.4 Å². The van der Waals surface area contributed by atoms with Gasteiger partial charge in [-0.25, -0.2) is 4.98 Å². The molecule has 0 atom stereocenters. The van der Waals surface area contributed by atoms with Crippen molar-refractivity contribution in [2.45, 2.75) is 32.5 Å². The molecular formula is C24H29N5O3. The van der Waals surface area contributed by atoms with Crippen LogP contribution in [0.1, 0.15) is 28.0 Å². The van der Waals surface area contributed by atoms with Crippen LogP contribution in [0.3, 0.4) is 0 Å². The van der Waals surface area contributed by atoms with Gasteiger partial charge in [-0.2, -0.15) is 0 Å². The summed E-state index contributed by atoms with van der Waals surface area (Å²) >= 11 is 0. The smallest absolute Gasteiger partial charge is 0.256 e. The Labute approximate surface area is 187 Å². The molecule has 1 N–H and O–H groups in total. The van der Waals surface area contributed by atoms with E-state index >= 15 is 0 Å². The van der Waals surface area contributed by atoms with Crippen LogP contribution < -0.4 is 15.6 Å². The number of fused-ring (bicyclic) bond motifs is 1. The molecule has 1 amide bonds. The van der Waals surface area contributed by atoms with Gasteiger partial charge in [-0.15, -0.1) is 0 Å². The van der Waals surface area contributed by atoms with Gasteiger partial charge in [-0.1, -0.05) is 30.3 Å². The molecule has 0 radical (unpaired) electrons. The number of carbonyl (C=O) groups excluding carboxylic acids is 1. The minimum Gasteiger partial charge on any atom is -0.496 e. The molecule has 0 spiro atoms. The highest BCUT2D eigenvalue weighted by Gasteiger charge is 2.25. The summed E-state index contributed by atoms with van der Waals surface area (Å²) in [4.78, 5) is 32.2. The number of rotatable bonds is 8. The first-order valence-corrected chi connectivity index (χ1v) is 11.0. The zero-order valence-electron chi connectivity index (χ0n) is 18.4. The minimum atomic E-state index is -0.201. The Morgan fingerprint density at radius 2 is 2.03 bits per heavy atom. The number of amides is 1. The van der Waals surface area contributed by atoms with Gasteiger partial charge in [0.05, 0.1) is 13.4 Å². The van der Waals surface area contributed by atoms with E-state index in [1.54, 1.807) is 17.1 Å². The predicted molar refractivity (Wildman–Crippen MR) is 122 cm³/mol. The van der Waals surface area contributed by atoms with E-state index in [0.29, 0.717) is 30.8 Å². The number of benzene rings is 1. The standard InChI is InChI=1S/C24H29N5O3/c1-32-21-16-22(30)29-15-14-27(17-19-6-3-2-4-7-19)12-8-20(29)23(21)24(31)26-9-5-11-28-13-10-25-18-28/h2-4,6-7,10,13,16,18H,5,8-9,11-12,14-15,17H2,1H3,(H,26,31). The van der Waals surface area contributed by atoms with Gasteiger partial charge in [0.1, 0.15) is 11.3 Å². The molecule has 1 aliphatic heterocycles. The molecule has 168 valence electrons. The van der Waals surface area contributed by atoms with Crippen LogP contribution in [-0.4, -0.2) is 51.7 Å². The van der Waals surface area contributed by atoms with Crippen molar-refractivity contribution >= 4 is 5.91 Å². The molecule has 0 saturated carbocycles. The van der Waals surface area contributed by atoms with Gasteiger partial charge in [0.2, 0.25) is 0 Å². The lowest BCUT2D eigenvalue weighted by atomic mass is 10.1. The van der Waals surface area contributed by atoms with Gasteiger partial charge in [0.25, 0.3) is 11.5 Å². The second-order valence-electron chi connectivity index (χ2n) is 7.95. The van der Waals surface area contributed by atoms with Crippen LogP contribution in [-0.2, 0) is 26.1 Å². The Kier molecular flexibility index (Phi) is 7.01. The number of imidazole rings is 1. The van der Waals surface area contributed by atoms with Crippen LogP contribution in [0.5, 0.6) is 5.75 Å². The zero-order chi connectivity index (χ0) is 22.3. The van der Waals surface area contributed by atoms with Crippen molar-refractivity contribution in [1.82, 2.24) is 24.3 Å². The van der Waals surface area contributed by atoms with Crippen LogP contribution >= 0.6 is 0 Å². The second kappa shape index (κ2) is 10.3. The van der Waals surface area contributed by atoms with E-state index in [1.807, 2.05) is 29.0 Å². The fraction of sp³-hybridized carbons (Fsp3) is 0.375. The third-order valence-corrected chi connectivity index (χ3v) is 5.82. The van der Waals surface area contributed by atoms with Gasteiger partial charge < -0.3 is 19.2 Å². The minimum absolute atomic E-state index is 0.130. The molecule has 0 fully saturated rings. The molecule has 0 saturated heterocycles. The fourth-order valence-corrected chi connectivity index (χ4v) is 4.17. The highest BCUT2D eigenvalue weighted by Crippen LogP contribution is 2.23. The number of methoxy groups -OCH3 is 1. The van der Waals surface area contributed by atoms with E-state index < -0.39 is 0 Å². The Morgan fingerprint density at radius 3 is 2.78 bits per heavy atom. The third-order valence-electron chi connectivity index (χ3n) is 5.82. The molecule has 4 rings (SSSR count). The highest BCUT2D eigenvalue weighted by molar-refractivity contribution is 5.98. The SMILES string of the molecule is COc1cc(=O)n2c(c1C(=O)NCCCn1ccnc1)CCN(Cc1ccccc1)CC2. The van der Waals surface area contributed by atoms with E-state index in [1.165, 1.54) is 18.7 Å². The van der Waals surface area contributed by atoms with Crippen LogP contribution in [0.15, 0.2) is 59.9 Å². The lowest BCUT2D eigenvalue weighted by Gasteiger charge is -2.19. The number of pyridine rings is 1. The summed E-state index contributed by atoms with van der Waals surface area (Å²) in [7, 11) is 1.50. The van der Waals surface area contributed by atoms with E-state index in [4.69, 9.17) is 4.74 Å². The summed E-state index contributed by atoms with van der Waals surface area (Å²) < 4.78 is 9.15. The number of hydrogen-bond donors (Lipinski definition) is 1. The molecule has 8 heteroatoms. The Hall–Kier alpha value is -3.39. The summed E-state index contributed by atoms with van der Waals surface area (Å²) in [5, 5.41) is 3.00. The first-order chi connectivity index (χ1) is 15.7. The largest absolute Gasteiger partial charge is 0.496 e. The summed E-state index contributed by atoms with van der Waals surface area (Å²) in [5.41, 5.74) is 2.32. The van der Waals surface area contributed by atoms with Gasteiger partial charge in [0.15, 0.2) is 0 Å². The maximum atomic E-state index is 13.1. The second-order valence-corrected chi connectivity index (χ2v) is 7.95. The normalized spacial score (nSPS) is 13.9. The molecule has 3 heterocycles. The molecule has 32 heavy (non-hydrogen) atoms. The van der Waals surface area contributed by atoms with Gasteiger partial charge >= 0.3 is 0 Å². The van der Waals surface area contributed by atoms with Crippen molar-refractivity contribution in [2.24, 2.45) is 0 Å². The summed E-state index contributed by atoms with van der Waals surface area (Å²) in [6, 6.07) is 11.7. The molecule has 0 unspecified atom stereocenters. The van der Waals surface area contributed by atoms with Crippen molar-refractivity contribution in [1.29, 1.82) is 0 Å². The maximum absolute atomic E-state index is 13.1. The van der Waals surface area contributed by atoms with Crippen molar-refractivity contribution in [3.63, 3.8) is 0 Å². The van der Waals surface area contributed by atoms with Crippen LogP contribution in [0.2, 0.25) is 0 Å². The average molecular weight is 436 g/mol. The lowest BCUT2D eigenvalue weighted by Crippen LogP contribution is -2.32. The van der Waals surface area contributed by atoms with Crippen molar-refractivity contribution in [3.8, 4) is 5.75 Å². The first kappa shape index (κ1) is 21.8. The van der Waals surface area contributed by atoms with E-state index in [-0.39, 0.29) is 11.5 Å². The molecule has 1 aliphatic rings. The number of aromatic nitrogens is 3. The summed E-state index contributed by atoms with van der Waals surface area (Å²) in [5.74, 6) is 0.137. The highest BCUT2D eigenvalue weighted by atomic mass is 16.5. The van der Waals surface area contributed by atoms with Gasteiger partial charge in [-0.3, -0.25) is 14.5 Å². The predicted octanol–water partition coefficient (Wildman–Crippen LogP) is 1.93. The van der Waals surface area contributed by atoms with E-state index in [0.717, 1.165) is 38.3 Å². The quantitative estimate of drug-likeness (QED) is 0.547. The van der Waals surface area contributed by atoms with Crippen molar-refractivity contribution in [2.75, 3.05) is 26.7 Å². The lowest BCUT2D eigenvalue weighted by molar-refractivity contribution is 0.0947. The average Bonchev–Trinajstić information content (AvgIpc) is 3.24. The number of carbonyl (C=O) groups is 1. The van der Waals surface area contributed by atoms with Crippen LogP contribution in [0, 0.1) is 0 Å². The fourth-order valence-electron chi connectivity index (χ4n) is 4.17.